The van der Waals surface area contributed by atoms with E-state index in [1.807, 2.05) is 6.26 Å². The first-order chi connectivity index (χ1) is 8.17. The molecule has 0 fully saturated rings. The summed E-state index contributed by atoms with van der Waals surface area (Å²) in [6.45, 7) is 2.90. The Kier molecular flexibility index (Phi) is 5.77. The normalized spacial score (nSPS) is 11.4. The summed E-state index contributed by atoms with van der Waals surface area (Å²) in [6, 6.07) is 5.57. The molecule has 92 valence electrons. The summed E-state index contributed by atoms with van der Waals surface area (Å²) in [5, 5.41) is 3.99. The number of rotatable bonds is 6. The fourth-order valence-corrected chi connectivity index (χ4v) is 1.72. The molecule has 0 aromatic heterocycles. The van der Waals surface area contributed by atoms with Gasteiger partial charge >= 0.3 is 0 Å². The Morgan fingerprint density at radius 1 is 1.41 bits per heavy atom. The Balaban J connectivity index is 2.74. The summed E-state index contributed by atoms with van der Waals surface area (Å²) in [5.41, 5.74) is 0.497. The van der Waals surface area contributed by atoms with E-state index in [0.717, 1.165) is 18.0 Å². The van der Waals surface area contributed by atoms with Crippen LogP contribution in [0.15, 0.2) is 35.4 Å². The minimum Gasteiger partial charge on any atom is -0.380 e. The predicted octanol–water partition coefficient (Wildman–Crippen LogP) is 3.21. The first kappa shape index (κ1) is 13.8. The Morgan fingerprint density at radius 2 is 2.06 bits per heavy atom. The summed E-state index contributed by atoms with van der Waals surface area (Å²) >= 11 is 1.49. The van der Waals surface area contributed by atoms with E-state index >= 15 is 0 Å². The molecule has 0 unspecified atom stereocenters. The van der Waals surface area contributed by atoms with Crippen LogP contribution in [-0.4, -0.2) is 18.6 Å². The first-order valence-electron chi connectivity index (χ1n) is 5.46. The van der Waals surface area contributed by atoms with Crippen LogP contribution in [0.4, 0.5) is 4.39 Å². The quantitative estimate of drug-likeness (QED) is 0.623. The van der Waals surface area contributed by atoms with Gasteiger partial charge in [0.25, 0.3) is 0 Å². The van der Waals surface area contributed by atoms with E-state index in [2.05, 4.69) is 12.2 Å². The highest BCUT2D eigenvalue weighted by molar-refractivity contribution is 8.02. The second-order valence-corrected chi connectivity index (χ2v) is 4.36. The Bertz CT molecular complexity index is 400. The number of hydrogen-bond acceptors (Lipinski definition) is 3. The maximum atomic E-state index is 12.7. The SMILES string of the molecule is CCCN/C(=C\C(=O)c1ccc(F)cc1)SC. The average Bonchev–Trinajstić information content (AvgIpc) is 2.35. The van der Waals surface area contributed by atoms with E-state index in [9.17, 15) is 9.18 Å². The number of nitrogens with one attached hydrogen (secondary N) is 1. The number of allylic oxidation sites excluding steroid dienone is 1. The van der Waals surface area contributed by atoms with Crippen molar-refractivity contribution in [1.29, 1.82) is 0 Å². The van der Waals surface area contributed by atoms with E-state index in [0.29, 0.717) is 5.56 Å². The van der Waals surface area contributed by atoms with E-state index in [-0.39, 0.29) is 11.6 Å². The van der Waals surface area contributed by atoms with Crippen LogP contribution in [0.2, 0.25) is 0 Å². The van der Waals surface area contributed by atoms with Crippen molar-refractivity contribution in [3.8, 4) is 0 Å². The van der Waals surface area contributed by atoms with Crippen molar-refractivity contribution < 1.29 is 9.18 Å². The van der Waals surface area contributed by atoms with Crippen LogP contribution in [0.1, 0.15) is 23.7 Å². The fraction of sp³-hybridized carbons (Fsp3) is 0.308. The van der Waals surface area contributed by atoms with Gasteiger partial charge in [-0.15, -0.1) is 11.8 Å². The topological polar surface area (TPSA) is 29.1 Å². The highest BCUT2D eigenvalue weighted by atomic mass is 32.2. The van der Waals surface area contributed by atoms with Crippen molar-refractivity contribution in [3.63, 3.8) is 0 Å². The smallest absolute Gasteiger partial charge is 0.188 e. The summed E-state index contributed by atoms with van der Waals surface area (Å²) in [7, 11) is 0. The van der Waals surface area contributed by atoms with E-state index in [4.69, 9.17) is 0 Å². The Hall–Kier alpha value is -1.29. The number of benzene rings is 1. The van der Waals surface area contributed by atoms with Crippen LogP contribution in [0.3, 0.4) is 0 Å². The monoisotopic (exact) mass is 253 g/mol. The van der Waals surface area contributed by atoms with Gasteiger partial charge in [0.05, 0.1) is 5.03 Å². The molecule has 0 atom stereocenters. The molecule has 0 bridgehead atoms. The van der Waals surface area contributed by atoms with E-state index < -0.39 is 0 Å². The number of carbonyl (C=O) groups excluding carboxylic acids is 1. The van der Waals surface area contributed by atoms with Crippen molar-refractivity contribution in [2.45, 2.75) is 13.3 Å². The third-order valence-corrected chi connectivity index (χ3v) is 2.86. The van der Waals surface area contributed by atoms with Crippen molar-refractivity contribution in [3.05, 3.63) is 46.8 Å². The Labute approximate surface area is 105 Å². The lowest BCUT2D eigenvalue weighted by molar-refractivity contribution is 0.104. The molecule has 0 saturated carbocycles. The lowest BCUT2D eigenvalue weighted by Crippen LogP contribution is -2.13. The Morgan fingerprint density at radius 3 is 2.59 bits per heavy atom. The van der Waals surface area contributed by atoms with Gasteiger partial charge in [-0.05, 0) is 36.9 Å². The molecule has 0 amide bonds. The van der Waals surface area contributed by atoms with Crippen LogP contribution >= 0.6 is 11.8 Å². The molecule has 0 aliphatic heterocycles. The third-order valence-electron chi connectivity index (χ3n) is 2.16. The second-order valence-electron chi connectivity index (χ2n) is 3.51. The van der Waals surface area contributed by atoms with Crippen molar-refractivity contribution in [2.75, 3.05) is 12.8 Å². The lowest BCUT2D eigenvalue weighted by atomic mass is 10.1. The van der Waals surface area contributed by atoms with Gasteiger partial charge in [0, 0.05) is 18.2 Å². The molecule has 0 heterocycles. The third kappa shape index (κ3) is 4.61. The summed E-state index contributed by atoms with van der Waals surface area (Å²) in [6.07, 6.45) is 4.46. The highest BCUT2D eigenvalue weighted by Gasteiger charge is 2.04. The number of ketones is 1. The molecule has 1 aromatic rings. The maximum absolute atomic E-state index is 12.7. The van der Waals surface area contributed by atoms with Crippen molar-refractivity contribution in [2.24, 2.45) is 0 Å². The molecule has 2 nitrogen and oxygen atoms in total. The van der Waals surface area contributed by atoms with Gasteiger partial charge in [-0.1, -0.05) is 6.92 Å². The van der Waals surface area contributed by atoms with Gasteiger partial charge in [0.15, 0.2) is 5.78 Å². The zero-order valence-corrected chi connectivity index (χ0v) is 10.8. The largest absolute Gasteiger partial charge is 0.380 e. The minimum atomic E-state index is -0.334. The van der Waals surface area contributed by atoms with Crippen LogP contribution in [0, 0.1) is 5.82 Å². The molecule has 1 N–H and O–H groups in total. The summed E-state index contributed by atoms with van der Waals surface area (Å²) < 4.78 is 12.7. The van der Waals surface area contributed by atoms with E-state index in [1.165, 1.54) is 36.0 Å². The van der Waals surface area contributed by atoms with Crippen LogP contribution < -0.4 is 5.32 Å². The summed E-state index contributed by atoms with van der Waals surface area (Å²) in [4.78, 5) is 11.8. The minimum absolute atomic E-state index is 0.113. The number of carbonyl (C=O) groups is 1. The van der Waals surface area contributed by atoms with Gasteiger partial charge < -0.3 is 5.32 Å². The van der Waals surface area contributed by atoms with Gasteiger partial charge in [-0.2, -0.15) is 0 Å². The predicted molar refractivity (Wildman–Crippen MR) is 70.6 cm³/mol. The second kappa shape index (κ2) is 7.12. The standard InChI is InChI=1S/C13H16FNOS/c1-3-8-15-13(17-2)9-12(16)10-4-6-11(14)7-5-10/h4-7,9,15H,3,8H2,1-2H3/b13-9+. The molecule has 1 rings (SSSR count). The van der Waals surface area contributed by atoms with Gasteiger partial charge in [0.1, 0.15) is 5.82 Å². The maximum Gasteiger partial charge on any atom is 0.188 e. The molecule has 0 saturated heterocycles. The molecule has 4 heteroatoms. The van der Waals surface area contributed by atoms with Gasteiger partial charge in [-0.3, -0.25) is 4.79 Å². The molecule has 0 spiro atoms. The van der Waals surface area contributed by atoms with Crippen LogP contribution in [0.25, 0.3) is 0 Å². The average molecular weight is 253 g/mol. The molecule has 0 aliphatic carbocycles. The molecule has 17 heavy (non-hydrogen) atoms. The lowest BCUT2D eigenvalue weighted by Gasteiger charge is -2.06. The molecule has 0 radical (unpaired) electrons. The number of hydrogen-bond donors (Lipinski definition) is 1. The molecular weight excluding hydrogens is 237 g/mol. The number of thioether (sulfide) groups is 1. The van der Waals surface area contributed by atoms with Gasteiger partial charge in [-0.25, -0.2) is 4.39 Å². The van der Waals surface area contributed by atoms with Crippen molar-refractivity contribution in [1.82, 2.24) is 5.32 Å². The molecular formula is C13H16FNOS. The summed E-state index contributed by atoms with van der Waals surface area (Å²) in [5.74, 6) is -0.447. The zero-order chi connectivity index (χ0) is 12.7. The molecule has 1 aromatic carbocycles. The van der Waals surface area contributed by atoms with Crippen LogP contribution in [0.5, 0.6) is 0 Å². The fourth-order valence-electron chi connectivity index (χ4n) is 1.25. The zero-order valence-electron chi connectivity index (χ0n) is 10.00. The first-order valence-corrected chi connectivity index (χ1v) is 6.69. The number of halogens is 1. The van der Waals surface area contributed by atoms with E-state index in [1.54, 1.807) is 6.08 Å². The van der Waals surface area contributed by atoms with Gasteiger partial charge in [0.2, 0.25) is 0 Å². The van der Waals surface area contributed by atoms with Crippen molar-refractivity contribution >= 4 is 17.5 Å². The van der Waals surface area contributed by atoms with Crippen LogP contribution in [-0.2, 0) is 0 Å². The molecule has 0 aliphatic rings. The highest BCUT2D eigenvalue weighted by Crippen LogP contribution is 2.11.